The Labute approximate surface area is 128 Å². The van der Waals surface area contributed by atoms with Crippen molar-refractivity contribution in [2.24, 2.45) is 0 Å². The molecule has 0 aliphatic heterocycles. The summed E-state index contributed by atoms with van der Waals surface area (Å²) >= 11 is 1.47. The highest BCUT2D eigenvalue weighted by Gasteiger charge is 2.13. The summed E-state index contributed by atoms with van der Waals surface area (Å²) < 4.78 is 0. The van der Waals surface area contributed by atoms with Crippen LogP contribution in [0, 0.1) is 13.8 Å². The highest BCUT2D eigenvalue weighted by molar-refractivity contribution is 7.99. The molecule has 2 aromatic rings. The van der Waals surface area contributed by atoms with Crippen LogP contribution < -0.4 is 5.48 Å². The number of nitrogens with one attached hydrogen (secondary N) is 1. The van der Waals surface area contributed by atoms with Crippen molar-refractivity contribution in [3.63, 3.8) is 0 Å². The van der Waals surface area contributed by atoms with E-state index < -0.39 is 0 Å². The summed E-state index contributed by atoms with van der Waals surface area (Å²) in [7, 11) is 0. The lowest BCUT2D eigenvalue weighted by atomic mass is 10.1. The molecule has 1 aromatic carbocycles. The fourth-order valence-electron chi connectivity index (χ4n) is 1.73. The number of hydrogen-bond acceptors (Lipinski definition) is 4. The number of nitrogens with zero attached hydrogens (tertiary/aromatic N) is 1. The second kappa shape index (κ2) is 7.24. The second-order valence-electron chi connectivity index (χ2n) is 4.57. The molecule has 2 rings (SSSR count). The summed E-state index contributed by atoms with van der Waals surface area (Å²) in [5, 5.41) is 0.665. The van der Waals surface area contributed by atoms with Crippen LogP contribution in [0.25, 0.3) is 0 Å². The third-order valence-corrected chi connectivity index (χ3v) is 4.03. The molecule has 0 unspecified atom stereocenters. The summed E-state index contributed by atoms with van der Waals surface area (Å²) in [6, 6.07) is 9.68. The SMILES string of the molecule is CCONC(=O)c1cccnc1Sc1ccc(C)c(C)c1. The average molecular weight is 302 g/mol. The summed E-state index contributed by atoms with van der Waals surface area (Å²) in [6.07, 6.45) is 1.68. The summed E-state index contributed by atoms with van der Waals surface area (Å²) in [5.74, 6) is -0.281. The Hall–Kier alpha value is -1.85. The summed E-state index contributed by atoms with van der Waals surface area (Å²) in [6.45, 7) is 6.38. The summed E-state index contributed by atoms with van der Waals surface area (Å²) in [4.78, 5) is 22.4. The van der Waals surface area contributed by atoms with Crippen LogP contribution in [-0.2, 0) is 4.84 Å². The Balaban J connectivity index is 2.23. The van der Waals surface area contributed by atoms with Crippen LogP contribution in [0.1, 0.15) is 28.4 Å². The quantitative estimate of drug-likeness (QED) is 0.858. The van der Waals surface area contributed by atoms with E-state index in [1.165, 1.54) is 22.9 Å². The molecule has 1 N–H and O–H groups in total. The summed E-state index contributed by atoms with van der Waals surface area (Å²) in [5.41, 5.74) is 5.38. The molecule has 1 heterocycles. The molecule has 0 aliphatic carbocycles. The van der Waals surface area contributed by atoms with Crippen molar-refractivity contribution in [3.05, 3.63) is 53.2 Å². The van der Waals surface area contributed by atoms with Gasteiger partial charge >= 0.3 is 0 Å². The Kier molecular flexibility index (Phi) is 5.36. The van der Waals surface area contributed by atoms with Crippen LogP contribution in [-0.4, -0.2) is 17.5 Å². The van der Waals surface area contributed by atoms with Gasteiger partial charge in [0.25, 0.3) is 5.91 Å². The molecule has 0 radical (unpaired) electrons. The van der Waals surface area contributed by atoms with E-state index in [0.717, 1.165) is 4.90 Å². The van der Waals surface area contributed by atoms with Gasteiger partial charge in [0.2, 0.25) is 0 Å². The minimum Gasteiger partial charge on any atom is -0.274 e. The van der Waals surface area contributed by atoms with Gasteiger partial charge in [-0.05, 0) is 56.2 Å². The number of carbonyl (C=O) groups is 1. The first-order chi connectivity index (χ1) is 10.1. The Morgan fingerprint density at radius 3 is 2.81 bits per heavy atom. The smallest absolute Gasteiger partial charge is 0.274 e. The van der Waals surface area contributed by atoms with Gasteiger partial charge in [-0.25, -0.2) is 10.5 Å². The van der Waals surface area contributed by atoms with Crippen LogP contribution in [0.5, 0.6) is 0 Å². The predicted molar refractivity (Wildman–Crippen MR) is 83.4 cm³/mol. The second-order valence-corrected chi connectivity index (χ2v) is 5.63. The largest absolute Gasteiger partial charge is 0.277 e. The minimum atomic E-state index is -0.281. The third-order valence-electron chi connectivity index (χ3n) is 3.02. The Bertz CT molecular complexity index is 644. The van der Waals surface area contributed by atoms with Crippen molar-refractivity contribution in [2.75, 3.05) is 6.61 Å². The van der Waals surface area contributed by atoms with Crippen LogP contribution in [0.15, 0.2) is 46.5 Å². The highest BCUT2D eigenvalue weighted by atomic mass is 32.2. The lowest BCUT2D eigenvalue weighted by Gasteiger charge is -2.09. The van der Waals surface area contributed by atoms with Gasteiger partial charge in [-0.3, -0.25) is 9.63 Å². The van der Waals surface area contributed by atoms with E-state index >= 15 is 0 Å². The van der Waals surface area contributed by atoms with Crippen LogP contribution >= 0.6 is 11.8 Å². The van der Waals surface area contributed by atoms with Crippen molar-refractivity contribution >= 4 is 17.7 Å². The monoisotopic (exact) mass is 302 g/mol. The van der Waals surface area contributed by atoms with Crippen LogP contribution in [0.2, 0.25) is 0 Å². The molecule has 1 aromatic heterocycles. The van der Waals surface area contributed by atoms with Crippen molar-refractivity contribution < 1.29 is 9.63 Å². The molecule has 110 valence electrons. The number of rotatable bonds is 5. The molecule has 0 saturated carbocycles. The molecule has 0 bridgehead atoms. The first-order valence-electron chi connectivity index (χ1n) is 6.74. The lowest BCUT2D eigenvalue weighted by Crippen LogP contribution is -2.24. The van der Waals surface area contributed by atoms with E-state index in [0.29, 0.717) is 17.2 Å². The van der Waals surface area contributed by atoms with E-state index in [2.05, 4.69) is 36.4 Å². The third kappa shape index (κ3) is 4.06. The zero-order valence-corrected chi connectivity index (χ0v) is 13.2. The van der Waals surface area contributed by atoms with Gasteiger partial charge in [-0.15, -0.1) is 0 Å². The van der Waals surface area contributed by atoms with Gasteiger partial charge in [0.1, 0.15) is 5.03 Å². The first-order valence-corrected chi connectivity index (χ1v) is 7.55. The molecule has 0 spiro atoms. The maximum atomic E-state index is 12.0. The normalized spacial score (nSPS) is 10.4. The van der Waals surface area contributed by atoms with Crippen molar-refractivity contribution in [1.82, 2.24) is 10.5 Å². The number of aryl methyl sites for hydroxylation is 2. The fraction of sp³-hybridized carbons (Fsp3) is 0.250. The standard InChI is InChI=1S/C16H18N2O2S/c1-4-20-18-15(19)14-6-5-9-17-16(14)21-13-8-7-11(2)12(3)10-13/h5-10H,4H2,1-3H3,(H,18,19). The van der Waals surface area contributed by atoms with E-state index in [9.17, 15) is 4.79 Å². The zero-order chi connectivity index (χ0) is 15.2. The zero-order valence-electron chi connectivity index (χ0n) is 12.3. The van der Waals surface area contributed by atoms with E-state index in [1.54, 1.807) is 18.3 Å². The number of pyridine rings is 1. The molecule has 0 fully saturated rings. The van der Waals surface area contributed by atoms with Gasteiger partial charge in [0.15, 0.2) is 0 Å². The number of hydroxylamine groups is 1. The molecule has 21 heavy (non-hydrogen) atoms. The maximum absolute atomic E-state index is 12.0. The molecular formula is C16H18N2O2S. The van der Waals surface area contributed by atoms with Crippen LogP contribution in [0.4, 0.5) is 0 Å². The Morgan fingerprint density at radius 2 is 2.10 bits per heavy atom. The van der Waals surface area contributed by atoms with E-state index in [4.69, 9.17) is 4.84 Å². The van der Waals surface area contributed by atoms with Gasteiger partial charge < -0.3 is 0 Å². The molecular weight excluding hydrogens is 284 g/mol. The maximum Gasteiger partial charge on any atom is 0.277 e. The van der Waals surface area contributed by atoms with Gasteiger partial charge in [0.05, 0.1) is 12.2 Å². The molecule has 1 amide bonds. The van der Waals surface area contributed by atoms with Gasteiger partial charge in [-0.1, -0.05) is 17.8 Å². The predicted octanol–water partition coefficient (Wildman–Crippen LogP) is 3.53. The number of benzene rings is 1. The van der Waals surface area contributed by atoms with Crippen molar-refractivity contribution in [3.8, 4) is 0 Å². The number of aromatic nitrogens is 1. The fourth-order valence-corrected chi connectivity index (χ4v) is 2.71. The van der Waals surface area contributed by atoms with E-state index in [-0.39, 0.29) is 5.91 Å². The molecule has 5 heteroatoms. The van der Waals surface area contributed by atoms with E-state index in [1.807, 2.05) is 13.0 Å². The van der Waals surface area contributed by atoms with Crippen molar-refractivity contribution in [2.45, 2.75) is 30.7 Å². The van der Waals surface area contributed by atoms with Crippen molar-refractivity contribution in [1.29, 1.82) is 0 Å². The molecule has 0 aliphatic rings. The number of hydrogen-bond donors (Lipinski definition) is 1. The van der Waals surface area contributed by atoms with Gasteiger partial charge in [0, 0.05) is 11.1 Å². The van der Waals surface area contributed by atoms with Crippen LogP contribution in [0.3, 0.4) is 0 Å². The van der Waals surface area contributed by atoms with Gasteiger partial charge in [-0.2, -0.15) is 0 Å². The number of amides is 1. The number of carbonyl (C=O) groups excluding carboxylic acids is 1. The average Bonchev–Trinajstić information content (AvgIpc) is 2.49. The first kappa shape index (κ1) is 15.5. The lowest BCUT2D eigenvalue weighted by molar-refractivity contribution is 0.0361. The molecule has 0 saturated heterocycles. The highest BCUT2D eigenvalue weighted by Crippen LogP contribution is 2.29. The topological polar surface area (TPSA) is 51.2 Å². The Morgan fingerprint density at radius 1 is 1.29 bits per heavy atom. The minimum absolute atomic E-state index is 0.281. The molecule has 4 nitrogen and oxygen atoms in total. The molecule has 0 atom stereocenters.